The second kappa shape index (κ2) is 6.20. The third-order valence-electron chi connectivity index (χ3n) is 4.18. The highest BCUT2D eigenvalue weighted by Crippen LogP contribution is 2.23. The molecule has 4 amide bonds. The molecule has 1 aromatic carbocycles. The first kappa shape index (κ1) is 16.4. The van der Waals surface area contributed by atoms with Gasteiger partial charge in [-0.2, -0.15) is 0 Å². The number of amides is 4. The molecule has 7 nitrogen and oxygen atoms in total. The summed E-state index contributed by atoms with van der Waals surface area (Å²) in [6.45, 7) is 0.382. The average molecular weight is 346 g/mol. The summed E-state index contributed by atoms with van der Waals surface area (Å²) in [6, 6.07) is 6.69. The van der Waals surface area contributed by atoms with Crippen molar-refractivity contribution in [3.05, 3.63) is 29.3 Å². The van der Waals surface area contributed by atoms with Crippen LogP contribution < -0.4 is 0 Å². The standard InChI is InChI=1S/C16H18N4O3S/c1-18(9-13-17-10-6-4-5-7-12(10)24-13)14(21)8-11-15(22)20(3)16(23)19(11)2/h4-7,11H,8-9H2,1-3H3/t11-/m1/s1. The highest BCUT2D eigenvalue weighted by atomic mass is 32.1. The van der Waals surface area contributed by atoms with Crippen molar-refractivity contribution in [3.63, 3.8) is 0 Å². The molecule has 0 aliphatic carbocycles. The molecule has 0 unspecified atom stereocenters. The predicted molar refractivity (Wildman–Crippen MR) is 90.4 cm³/mol. The molecule has 0 saturated carbocycles. The molecule has 1 aliphatic rings. The number of fused-ring (bicyclic) bond motifs is 1. The van der Waals surface area contributed by atoms with Crippen molar-refractivity contribution in [2.24, 2.45) is 0 Å². The Labute approximate surface area is 143 Å². The van der Waals surface area contributed by atoms with Gasteiger partial charge in [-0.3, -0.25) is 14.5 Å². The minimum atomic E-state index is -0.729. The number of hydrogen-bond donors (Lipinski definition) is 0. The number of para-hydroxylation sites is 1. The van der Waals surface area contributed by atoms with Crippen molar-refractivity contribution in [2.75, 3.05) is 21.1 Å². The molecule has 1 saturated heterocycles. The third-order valence-corrected chi connectivity index (χ3v) is 5.20. The Bertz CT molecular complexity index is 786. The van der Waals surface area contributed by atoms with Gasteiger partial charge in [0.2, 0.25) is 5.91 Å². The van der Waals surface area contributed by atoms with Crippen molar-refractivity contribution >= 4 is 39.4 Å². The van der Waals surface area contributed by atoms with Crippen molar-refractivity contribution in [1.29, 1.82) is 0 Å². The van der Waals surface area contributed by atoms with Crippen molar-refractivity contribution in [2.45, 2.75) is 19.0 Å². The molecule has 1 aromatic heterocycles. The van der Waals surface area contributed by atoms with E-state index < -0.39 is 6.04 Å². The number of rotatable bonds is 4. The molecule has 8 heteroatoms. The Hall–Kier alpha value is -2.48. The predicted octanol–water partition coefficient (Wildman–Crippen LogP) is 1.54. The normalized spacial score (nSPS) is 17.9. The number of benzene rings is 1. The lowest BCUT2D eigenvalue weighted by Crippen LogP contribution is -2.38. The topological polar surface area (TPSA) is 73.8 Å². The van der Waals surface area contributed by atoms with Crippen LogP contribution in [-0.2, 0) is 16.1 Å². The fourth-order valence-electron chi connectivity index (χ4n) is 2.68. The molecular weight excluding hydrogens is 328 g/mol. The number of urea groups is 1. The molecule has 2 heterocycles. The molecular formula is C16H18N4O3S. The Morgan fingerprint density at radius 1 is 1.29 bits per heavy atom. The summed E-state index contributed by atoms with van der Waals surface area (Å²) < 4.78 is 1.08. The highest BCUT2D eigenvalue weighted by molar-refractivity contribution is 7.18. The van der Waals surface area contributed by atoms with E-state index >= 15 is 0 Å². The lowest BCUT2D eigenvalue weighted by Gasteiger charge is -2.20. The molecule has 0 radical (unpaired) electrons. The van der Waals surface area contributed by atoms with E-state index in [4.69, 9.17) is 0 Å². The van der Waals surface area contributed by atoms with E-state index in [-0.39, 0.29) is 24.3 Å². The fourth-order valence-corrected chi connectivity index (χ4v) is 3.70. The smallest absolute Gasteiger partial charge is 0.326 e. The first-order chi connectivity index (χ1) is 11.4. The summed E-state index contributed by atoms with van der Waals surface area (Å²) in [5, 5.41) is 0.839. The van der Waals surface area contributed by atoms with Gasteiger partial charge in [-0.1, -0.05) is 12.1 Å². The van der Waals surface area contributed by atoms with Crippen LogP contribution in [0.2, 0.25) is 0 Å². The summed E-state index contributed by atoms with van der Waals surface area (Å²) >= 11 is 1.54. The number of likely N-dealkylation sites (N-methyl/N-ethyl adjacent to an activating group) is 2. The first-order valence-electron chi connectivity index (χ1n) is 7.51. The highest BCUT2D eigenvalue weighted by Gasteiger charge is 2.42. The van der Waals surface area contributed by atoms with Crippen LogP contribution in [0, 0.1) is 0 Å². The number of nitrogens with zero attached hydrogens (tertiary/aromatic N) is 4. The maximum absolute atomic E-state index is 12.4. The van der Waals surface area contributed by atoms with Crippen LogP contribution in [0.1, 0.15) is 11.4 Å². The van der Waals surface area contributed by atoms with E-state index in [2.05, 4.69) is 4.98 Å². The first-order valence-corrected chi connectivity index (χ1v) is 8.33. The molecule has 1 atom stereocenters. The summed E-state index contributed by atoms with van der Waals surface area (Å²) in [6.07, 6.45) is -0.0210. The zero-order valence-electron chi connectivity index (χ0n) is 13.7. The Morgan fingerprint density at radius 2 is 2.00 bits per heavy atom. The molecule has 1 aliphatic heterocycles. The zero-order chi connectivity index (χ0) is 17.4. The second-order valence-electron chi connectivity index (χ2n) is 5.84. The van der Waals surface area contributed by atoms with Crippen molar-refractivity contribution in [3.8, 4) is 0 Å². The summed E-state index contributed by atoms with van der Waals surface area (Å²) in [5.41, 5.74) is 0.913. The number of hydrogen-bond acceptors (Lipinski definition) is 5. The molecule has 0 bridgehead atoms. The molecule has 1 fully saturated rings. The SMILES string of the molecule is CN(Cc1nc2ccccc2s1)C(=O)C[C@@H]1C(=O)N(C)C(=O)N1C. The zero-order valence-corrected chi connectivity index (χ0v) is 14.5. The van der Waals surface area contributed by atoms with Gasteiger partial charge in [0.15, 0.2) is 0 Å². The van der Waals surface area contributed by atoms with Gasteiger partial charge in [0.25, 0.3) is 5.91 Å². The van der Waals surface area contributed by atoms with Crippen LogP contribution in [0.5, 0.6) is 0 Å². The quantitative estimate of drug-likeness (QED) is 0.787. The molecule has 24 heavy (non-hydrogen) atoms. The minimum absolute atomic E-state index is 0.0210. The van der Waals surface area contributed by atoms with Crippen LogP contribution >= 0.6 is 11.3 Å². The fraction of sp³-hybridized carbons (Fsp3) is 0.375. The van der Waals surface area contributed by atoms with E-state index in [1.165, 1.54) is 19.0 Å². The number of carbonyl (C=O) groups is 3. The monoisotopic (exact) mass is 346 g/mol. The second-order valence-corrected chi connectivity index (χ2v) is 6.95. The Balaban J connectivity index is 1.66. The van der Waals surface area contributed by atoms with Crippen molar-refractivity contribution in [1.82, 2.24) is 19.7 Å². The van der Waals surface area contributed by atoms with Crippen LogP contribution in [-0.4, -0.2) is 64.7 Å². The van der Waals surface area contributed by atoms with Gasteiger partial charge < -0.3 is 9.80 Å². The molecule has 0 N–H and O–H groups in total. The Morgan fingerprint density at radius 3 is 2.62 bits per heavy atom. The molecule has 3 rings (SSSR count). The molecule has 0 spiro atoms. The molecule has 2 aromatic rings. The average Bonchev–Trinajstić information content (AvgIpc) is 3.05. The van der Waals surface area contributed by atoms with Crippen LogP contribution in [0.3, 0.4) is 0 Å². The van der Waals surface area contributed by atoms with E-state index in [0.717, 1.165) is 20.1 Å². The van der Waals surface area contributed by atoms with Crippen LogP contribution in [0.4, 0.5) is 4.79 Å². The third kappa shape index (κ3) is 2.84. The van der Waals surface area contributed by atoms with Gasteiger partial charge in [-0.05, 0) is 12.1 Å². The number of imide groups is 1. The van der Waals surface area contributed by atoms with Gasteiger partial charge in [-0.25, -0.2) is 9.78 Å². The lowest BCUT2D eigenvalue weighted by atomic mass is 10.1. The summed E-state index contributed by atoms with van der Waals surface area (Å²) in [4.78, 5) is 44.6. The van der Waals surface area contributed by atoms with Gasteiger partial charge in [0, 0.05) is 21.1 Å². The maximum Gasteiger partial charge on any atom is 0.326 e. The lowest BCUT2D eigenvalue weighted by molar-refractivity contribution is -0.135. The van der Waals surface area contributed by atoms with E-state index in [1.54, 1.807) is 23.3 Å². The minimum Gasteiger partial charge on any atom is -0.339 e. The largest absolute Gasteiger partial charge is 0.339 e. The van der Waals surface area contributed by atoms with Crippen LogP contribution in [0.15, 0.2) is 24.3 Å². The number of carbonyl (C=O) groups excluding carboxylic acids is 3. The van der Waals surface area contributed by atoms with Gasteiger partial charge in [-0.15, -0.1) is 11.3 Å². The Kier molecular flexibility index (Phi) is 4.23. The number of aromatic nitrogens is 1. The van der Waals surface area contributed by atoms with E-state index in [9.17, 15) is 14.4 Å². The summed E-state index contributed by atoms with van der Waals surface area (Å²) in [5.74, 6) is -0.535. The molecule has 126 valence electrons. The van der Waals surface area contributed by atoms with Crippen LogP contribution in [0.25, 0.3) is 10.2 Å². The maximum atomic E-state index is 12.4. The van der Waals surface area contributed by atoms with Gasteiger partial charge in [0.1, 0.15) is 11.0 Å². The number of thiazole rings is 1. The van der Waals surface area contributed by atoms with Gasteiger partial charge >= 0.3 is 6.03 Å². The van der Waals surface area contributed by atoms with E-state index in [1.807, 2.05) is 24.3 Å². The van der Waals surface area contributed by atoms with Gasteiger partial charge in [0.05, 0.1) is 23.2 Å². The van der Waals surface area contributed by atoms with E-state index in [0.29, 0.717) is 6.54 Å². The van der Waals surface area contributed by atoms with Crippen molar-refractivity contribution < 1.29 is 14.4 Å². The summed E-state index contributed by atoms with van der Waals surface area (Å²) in [7, 11) is 4.64.